The maximum Gasteiger partial charge on any atom is 0.274 e. The van der Waals surface area contributed by atoms with E-state index in [1.807, 2.05) is 30.3 Å². The Balaban J connectivity index is 1.43. The molecule has 1 fully saturated rings. The molecule has 140 valence electrons. The fraction of sp³-hybridized carbons (Fsp3) is 0.364. The number of likely N-dealkylation sites (tertiary alicyclic amines) is 1. The van der Waals surface area contributed by atoms with Gasteiger partial charge >= 0.3 is 0 Å². The van der Waals surface area contributed by atoms with Crippen molar-refractivity contribution >= 4 is 16.7 Å². The number of rotatable bonds is 5. The first kappa shape index (κ1) is 17.7. The van der Waals surface area contributed by atoms with E-state index < -0.39 is 0 Å². The summed E-state index contributed by atoms with van der Waals surface area (Å²) >= 11 is 0. The van der Waals surface area contributed by atoms with Gasteiger partial charge in [-0.1, -0.05) is 36.4 Å². The van der Waals surface area contributed by atoms with Crippen molar-refractivity contribution in [2.75, 3.05) is 26.2 Å². The van der Waals surface area contributed by atoms with Gasteiger partial charge in [0.2, 0.25) is 0 Å². The zero-order valence-corrected chi connectivity index (χ0v) is 15.5. The molecule has 0 saturated carbocycles. The molecule has 1 saturated heterocycles. The summed E-state index contributed by atoms with van der Waals surface area (Å²) in [5.41, 5.74) is 1.23. The topological polar surface area (TPSA) is 59.6 Å². The van der Waals surface area contributed by atoms with Crippen LogP contribution >= 0.6 is 0 Å². The Morgan fingerprint density at radius 1 is 1.04 bits per heavy atom. The van der Waals surface area contributed by atoms with Gasteiger partial charge in [0.05, 0.1) is 26.2 Å². The Morgan fingerprint density at radius 2 is 1.81 bits per heavy atom. The number of amides is 1. The quantitative estimate of drug-likeness (QED) is 0.732. The van der Waals surface area contributed by atoms with Gasteiger partial charge in [0.15, 0.2) is 17.8 Å². The van der Waals surface area contributed by atoms with Crippen LogP contribution in [0.25, 0.3) is 22.1 Å². The summed E-state index contributed by atoms with van der Waals surface area (Å²) in [6, 6.07) is 14.2. The number of oxazole rings is 1. The van der Waals surface area contributed by atoms with Gasteiger partial charge in [-0.05, 0) is 42.5 Å². The van der Waals surface area contributed by atoms with Crippen LogP contribution in [0.3, 0.4) is 0 Å². The summed E-state index contributed by atoms with van der Waals surface area (Å²) < 4.78 is 5.56. The van der Waals surface area contributed by atoms with Gasteiger partial charge in [0.25, 0.3) is 5.91 Å². The molecule has 0 radical (unpaired) electrons. The monoisotopic (exact) mass is 364 g/mol. The Labute approximate surface area is 159 Å². The minimum atomic E-state index is -0.166. The lowest BCUT2D eigenvalue weighted by atomic mass is 10.0. The van der Waals surface area contributed by atoms with E-state index >= 15 is 0 Å². The van der Waals surface area contributed by atoms with Gasteiger partial charge in [-0.3, -0.25) is 4.79 Å². The highest BCUT2D eigenvalue weighted by Crippen LogP contribution is 2.26. The van der Waals surface area contributed by atoms with E-state index in [0.717, 1.165) is 22.9 Å². The van der Waals surface area contributed by atoms with Crippen LogP contribution in [0, 0.1) is 0 Å². The number of carbonyl (C=O) groups excluding carboxylic acids is 1. The third kappa shape index (κ3) is 4.19. The summed E-state index contributed by atoms with van der Waals surface area (Å²) in [4.78, 5) is 18.4. The molecule has 1 aliphatic heterocycles. The highest BCUT2D eigenvalue weighted by atomic mass is 16.3. The molecular formula is C22H26N3O2+. The lowest BCUT2D eigenvalue weighted by Crippen LogP contribution is -3.12. The number of nitrogens with one attached hydrogen (secondary N) is 2. The van der Waals surface area contributed by atoms with E-state index in [0.29, 0.717) is 18.0 Å². The summed E-state index contributed by atoms with van der Waals surface area (Å²) in [5.74, 6) is 0.363. The normalized spacial score (nSPS) is 15.6. The predicted octanol–water partition coefficient (Wildman–Crippen LogP) is 2.68. The average molecular weight is 364 g/mol. The number of benzene rings is 2. The van der Waals surface area contributed by atoms with Crippen LogP contribution in [0.5, 0.6) is 0 Å². The van der Waals surface area contributed by atoms with E-state index in [9.17, 15) is 4.79 Å². The van der Waals surface area contributed by atoms with Crippen molar-refractivity contribution in [3.63, 3.8) is 0 Å². The zero-order chi connectivity index (χ0) is 18.5. The molecule has 1 aromatic heterocycles. The minimum Gasteiger partial charge on any atom is -0.443 e. The number of fused-ring (bicyclic) bond motifs is 1. The van der Waals surface area contributed by atoms with Gasteiger partial charge in [-0.25, -0.2) is 4.98 Å². The molecule has 0 aliphatic carbocycles. The Morgan fingerprint density at radius 3 is 2.63 bits per heavy atom. The van der Waals surface area contributed by atoms with Crippen LogP contribution in [0.15, 0.2) is 53.3 Å². The standard InChI is InChI=1S/C22H25N3O2/c26-22(23-11-14-25-12-5-1-2-6-13-25)20-21(27-16-24-20)19-10-9-17-7-3-4-8-18(17)15-19/h3-4,7-10,15-16H,1-2,5-6,11-14H2,(H,23,26)/p+1. The molecule has 1 aliphatic rings. The molecule has 2 N–H and O–H groups in total. The van der Waals surface area contributed by atoms with Crippen LogP contribution in [0.4, 0.5) is 0 Å². The summed E-state index contributed by atoms with van der Waals surface area (Å²) in [5, 5.41) is 5.29. The molecule has 0 atom stereocenters. The number of carbonyl (C=O) groups is 1. The van der Waals surface area contributed by atoms with Gasteiger partial charge < -0.3 is 14.6 Å². The van der Waals surface area contributed by atoms with Crippen LogP contribution in [0.2, 0.25) is 0 Å². The molecule has 2 heterocycles. The smallest absolute Gasteiger partial charge is 0.274 e. The van der Waals surface area contributed by atoms with Crippen molar-refractivity contribution in [3.8, 4) is 11.3 Å². The molecule has 1 amide bonds. The molecule has 0 bridgehead atoms. The maximum atomic E-state index is 12.6. The molecule has 4 rings (SSSR count). The van der Waals surface area contributed by atoms with Gasteiger partial charge in [0.1, 0.15) is 0 Å². The van der Waals surface area contributed by atoms with Crippen LogP contribution in [0.1, 0.15) is 36.2 Å². The summed E-state index contributed by atoms with van der Waals surface area (Å²) in [6.45, 7) is 4.05. The minimum absolute atomic E-state index is 0.166. The Kier molecular flexibility index (Phi) is 5.49. The van der Waals surface area contributed by atoms with E-state index in [2.05, 4.69) is 22.4 Å². The van der Waals surface area contributed by atoms with Crippen LogP contribution < -0.4 is 10.2 Å². The second-order valence-electron chi connectivity index (χ2n) is 7.26. The number of hydrogen-bond acceptors (Lipinski definition) is 3. The first-order valence-corrected chi connectivity index (χ1v) is 9.86. The van der Waals surface area contributed by atoms with Crippen molar-refractivity contribution in [2.45, 2.75) is 25.7 Å². The van der Waals surface area contributed by atoms with Crippen LogP contribution in [-0.2, 0) is 0 Å². The SMILES string of the molecule is O=C(NCC[NH+]1CCCCCC1)c1ncoc1-c1ccc2ccccc2c1. The molecule has 2 aromatic carbocycles. The largest absolute Gasteiger partial charge is 0.443 e. The van der Waals surface area contributed by atoms with Crippen molar-refractivity contribution in [1.82, 2.24) is 10.3 Å². The fourth-order valence-corrected chi connectivity index (χ4v) is 3.86. The molecule has 0 unspecified atom stereocenters. The second kappa shape index (κ2) is 8.35. The van der Waals surface area contributed by atoms with E-state index in [4.69, 9.17) is 4.42 Å². The molecular weight excluding hydrogens is 338 g/mol. The maximum absolute atomic E-state index is 12.6. The number of aromatic nitrogens is 1. The van der Waals surface area contributed by atoms with Gasteiger partial charge in [-0.15, -0.1) is 0 Å². The van der Waals surface area contributed by atoms with E-state index in [-0.39, 0.29) is 5.91 Å². The third-order valence-corrected chi connectivity index (χ3v) is 5.37. The van der Waals surface area contributed by atoms with E-state index in [1.165, 1.54) is 45.2 Å². The Hall–Kier alpha value is -2.66. The molecule has 3 aromatic rings. The van der Waals surface area contributed by atoms with Crippen molar-refractivity contribution in [1.29, 1.82) is 0 Å². The Bertz CT molecular complexity index is 911. The molecule has 0 spiro atoms. The number of hydrogen-bond donors (Lipinski definition) is 2. The van der Waals surface area contributed by atoms with Gasteiger partial charge in [-0.2, -0.15) is 0 Å². The summed E-state index contributed by atoms with van der Waals surface area (Å²) in [7, 11) is 0. The lowest BCUT2D eigenvalue weighted by molar-refractivity contribution is -0.898. The average Bonchev–Trinajstić information content (AvgIpc) is 3.05. The van der Waals surface area contributed by atoms with E-state index in [1.54, 1.807) is 4.90 Å². The van der Waals surface area contributed by atoms with Crippen molar-refractivity contribution in [3.05, 3.63) is 54.6 Å². The second-order valence-corrected chi connectivity index (χ2v) is 7.26. The van der Waals surface area contributed by atoms with Crippen molar-refractivity contribution < 1.29 is 14.1 Å². The third-order valence-electron chi connectivity index (χ3n) is 5.37. The lowest BCUT2D eigenvalue weighted by Gasteiger charge is -2.16. The van der Waals surface area contributed by atoms with Gasteiger partial charge in [0, 0.05) is 5.56 Å². The molecule has 5 nitrogen and oxygen atoms in total. The highest BCUT2D eigenvalue weighted by Gasteiger charge is 2.19. The number of quaternary nitrogens is 1. The highest BCUT2D eigenvalue weighted by molar-refractivity contribution is 5.98. The first-order chi connectivity index (χ1) is 13.3. The van der Waals surface area contributed by atoms with Crippen molar-refractivity contribution in [2.24, 2.45) is 0 Å². The zero-order valence-electron chi connectivity index (χ0n) is 15.5. The van der Waals surface area contributed by atoms with Crippen LogP contribution in [-0.4, -0.2) is 37.1 Å². The molecule has 27 heavy (non-hydrogen) atoms. The fourth-order valence-electron chi connectivity index (χ4n) is 3.86. The predicted molar refractivity (Wildman–Crippen MR) is 106 cm³/mol. The molecule has 5 heteroatoms. The first-order valence-electron chi connectivity index (χ1n) is 9.86. The summed E-state index contributed by atoms with van der Waals surface area (Å²) in [6.07, 6.45) is 6.60. The number of nitrogens with zero attached hydrogens (tertiary/aromatic N) is 1.